The number of nitrogens with zero attached hydrogens (tertiary/aromatic N) is 1. The van der Waals surface area contributed by atoms with Gasteiger partial charge < -0.3 is 4.90 Å². The Kier molecular flexibility index (Phi) is 5.35. The van der Waals surface area contributed by atoms with Crippen molar-refractivity contribution in [2.75, 3.05) is 17.7 Å². The van der Waals surface area contributed by atoms with E-state index in [-0.39, 0.29) is 15.7 Å². The van der Waals surface area contributed by atoms with Gasteiger partial charge in [0, 0.05) is 31.5 Å². The zero-order valence-corrected chi connectivity index (χ0v) is 17.5. The summed E-state index contributed by atoms with van der Waals surface area (Å²) in [4.78, 5) is 13.6. The van der Waals surface area contributed by atoms with E-state index < -0.39 is 25.9 Å². The first-order valence-electron chi connectivity index (χ1n) is 8.72. The Labute approximate surface area is 165 Å². The molecule has 1 heterocycles. The molecule has 1 unspecified atom stereocenters. The van der Waals surface area contributed by atoms with Gasteiger partial charge in [-0.3, -0.25) is 4.79 Å². The number of hydrogen-bond donors (Lipinski definition) is 1. The molecular formula is C19H22N2O5S2. The van der Waals surface area contributed by atoms with Gasteiger partial charge in [0.15, 0.2) is 9.84 Å². The summed E-state index contributed by atoms with van der Waals surface area (Å²) >= 11 is 0. The normalized spacial score (nSPS) is 15.3. The first kappa shape index (κ1) is 20.5. The average molecular weight is 423 g/mol. The molecule has 1 aliphatic heterocycles. The van der Waals surface area contributed by atoms with Gasteiger partial charge in [-0.1, -0.05) is 12.1 Å². The van der Waals surface area contributed by atoms with Crippen molar-refractivity contribution in [3.63, 3.8) is 0 Å². The maximum atomic E-state index is 12.8. The molecule has 2 aromatic rings. The molecule has 0 spiro atoms. The number of sulfonamides is 1. The lowest BCUT2D eigenvalue weighted by atomic mass is 10.1. The van der Waals surface area contributed by atoms with Crippen LogP contribution in [0.4, 0.5) is 5.69 Å². The molecule has 0 radical (unpaired) electrons. The Bertz CT molecular complexity index is 1120. The monoisotopic (exact) mass is 422 g/mol. The molecule has 150 valence electrons. The van der Waals surface area contributed by atoms with Gasteiger partial charge in [0.25, 0.3) is 0 Å². The second-order valence-corrected chi connectivity index (χ2v) is 10.6. The number of amides is 1. The minimum absolute atomic E-state index is 0.0707. The highest BCUT2D eigenvalue weighted by molar-refractivity contribution is 7.90. The van der Waals surface area contributed by atoms with Crippen LogP contribution in [0.3, 0.4) is 0 Å². The SMILES string of the molecule is CC(=O)N1CCc2cc(S(=O)(=O)NC(C)c3ccc(S(C)(=O)=O)cc3)ccc21. The summed E-state index contributed by atoms with van der Waals surface area (Å²) in [5, 5.41) is 0. The van der Waals surface area contributed by atoms with Gasteiger partial charge in [0.1, 0.15) is 0 Å². The third-order valence-electron chi connectivity index (χ3n) is 4.78. The van der Waals surface area contributed by atoms with E-state index in [9.17, 15) is 21.6 Å². The van der Waals surface area contributed by atoms with Gasteiger partial charge in [0.05, 0.1) is 9.79 Å². The van der Waals surface area contributed by atoms with Crippen molar-refractivity contribution in [1.29, 1.82) is 0 Å². The third kappa shape index (κ3) is 4.11. The molecule has 2 aromatic carbocycles. The maximum absolute atomic E-state index is 12.8. The Morgan fingerprint density at radius 1 is 1.04 bits per heavy atom. The zero-order valence-electron chi connectivity index (χ0n) is 15.8. The molecule has 1 N–H and O–H groups in total. The summed E-state index contributed by atoms with van der Waals surface area (Å²) < 4.78 is 51.3. The minimum atomic E-state index is -3.78. The van der Waals surface area contributed by atoms with Crippen molar-refractivity contribution < 1.29 is 21.6 Å². The minimum Gasteiger partial charge on any atom is -0.312 e. The molecule has 0 aromatic heterocycles. The number of fused-ring (bicyclic) bond motifs is 1. The van der Waals surface area contributed by atoms with Crippen LogP contribution in [0.5, 0.6) is 0 Å². The number of carbonyl (C=O) groups excluding carboxylic acids is 1. The van der Waals surface area contributed by atoms with Gasteiger partial charge in [-0.05, 0) is 54.8 Å². The van der Waals surface area contributed by atoms with Crippen LogP contribution in [0.15, 0.2) is 52.3 Å². The number of hydrogen-bond acceptors (Lipinski definition) is 5. The van der Waals surface area contributed by atoms with E-state index in [0.29, 0.717) is 18.5 Å². The maximum Gasteiger partial charge on any atom is 0.241 e. The Morgan fingerprint density at radius 2 is 1.64 bits per heavy atom. The second kappa shape index (κ2) is 7.31. The van der Waals surface area contributed by atoms with E-state index in [0.717, 1.165) is 17.5 Å². The van der Waals surface area contributed by atoms with Crippen LogP contribution in [0.25, 0.3) is 0 Å². The number of carbonyl (C=O) groups is 1. The highest BCUT2D eigenvalue weighted by atomic mass is 32.2. The van der Waals surface area contributed by atoms with Crippen LogP contribution in [0.1, 0.15) is 31.0 Å². The average Bonchev–Trinajstić information content (AvgIpc) is 3.04. The van der Waals surface area contributed by atoms with Gasteiger partial charge in [-0.15, -0.1) is 0 Å². The van der Waals surface area contributed by atoms with E-state index >= 15 is 0 Å². The lowest BCUT2D eigenvalue weighted by Crippen LogP contribution is -2.27. The molecule has 1 atom stereocenters. The molecule has 28 heavy (non-hydrogen) atoms. The summed E-state index contributed by atoms with van der Waals surface area (Å²) in [6.45, 7) is 3.72. The number of anilines is 1. The van der Waals surface area contributed by atoms with E-state index in [2.05, 4.69) is 4.72 Å². The lowest BCUT2D eigenvalue weighted by Gasteiger charge is -2.17. The zero-order chi connectivity index (χ0) is 20.7. The van der Waals surface area contributed by atoms with Crippen molar-refractivity contribution in [1.82, 2.24) is 4.72 Å². The number of rotatable bonds is 5. The van der Waals surface area contributed by atoms with Crippen molar-refractivity contribution in [2.24, 2.45) is 0 Å². The summed E-state index contributed by atoms with van der Waals surface area (Å²) in [6, 6.07) is 10.3. The Hall–Kier alpha value is -2.23. The van der Waals surface area contributed by atoms with Crippen molar-refractivity contribution in [3.05, 3.63) is 53.6 Å². The van der Waals surface area contributed by atoms with E-state index in [1.165, 1.54) is 25.1 Å². The fourth-order valence-electron chi connectivity index (χ4n) is 3.24. The summed E-state index contributed by atoms with van der Waals surface area (Å²) in [6.07, 6.45) is 1.73. The topological polar surface area (TPSA) is 101 Å². The standard InChI is InChI=1S/C19H22N2O5S2/c1-13(15-4-6-17(7-5-15)27(3,23)24)20-28(25,26)18-8-9-19-16(12-18)10-11-21(19)14(2)22/h4-9,12-13,20H,10-11H2,1-3H3. The molecule has 0 saturated carbocycles. The molecule has 7 nitrogen and oxygen atoms in total. The smallest absolute Gasteiger partial charge is 0.241 e. The lowest BCUT2D eigenvalue weighted by molar-refractivity contribution is -0.116. The first-order valence-corrected chi connectivity index (χ1v) is 12.1. The second-order valence-electron chi connectivity index (χ2n) is 6.90. The Morgan fingerprint density at radius 3 is 2.21 bits per heavy atom. The largest absolute Gasteiger partial charge is 0.312 e. The molecule has 0 saturated heterocycles. The summed E-state index contributed by atoms with van der Waals surface area (Å²) in [7, 11) is -7.08. The van der Waals surface area contributed by atoms with Crippen molar-refractivity contribution >= 4 is 31.5 Å². The van der Waals surface area contributed by atoms with Crippen LogP contribution < -0.4 is 9.62 Å². The quantitative estimate of drug-likeness (QED) is 0.795. The molecule has 3 rings (SSSR count). The molecular weight excluding hydrogens is 400 g/mol. The van der Waals surface area contributed by atoms with Crippen LogP contribution in [0, 0.1) is 0 Å². The number of nitrogens with one attached hydrogen (secondary N) is 1. The summed E-state index contributed by atoms with van der Waals surface area (Å²) in [5.74, 6) is -0.0707. The first-order chi connectivity index (χ1) is 13.0. The van der Waals surface area contributed by atoms with Gasteiger partial charge in [-0.25, -0.2) is 21.6 Å². The Balaban J connectivity index is 1.81. The molecule has 1 amide bonds. The fourth-order valence-corrected chi connectivity index (χ4v) is 5.16. The van der Waals surface area contributed by atoms with Crippen LogP contribution in [0.2, 0.25) is 0 Å². The predicted molar refractivity (Wildman–Crippen MR) is 106 cm³/mol. The van der Waals surface area contributed by atoms with Crippen LogP contribution in [-0.4, -0.2) is 35.5 Å². The van der Waals surface area contributed by atoms with E-state index in [4.69, 9.17) is 0 Å². The summed E-state index contributed by atoms with van der Waals surface area (Å²) in [5.41, 5.74) is 2.22. The number of benzene rings is 2. The molecule has 1 aliphatic rings. The fraction of sp³-hybridized carbons (Fsp3) is 0.316. The van der Waals surface area contributed by atoms with E-state index in [1.54, 1.807) is 36.1 Å². The molecule has 0 bridgehead atoms. The number of sulfone groups is 1. The van der Waals surface area contributed by atoms with Gasteiger partial charge >= 0.3 is 0 Å². The van der Waals surface area contributed by atoms with Gasteiger partial charge in [-0.2, -0.15) is 0 Å². The molecule has 9 heteroatoms. The highest BCUT2D eigenvalue weighted by Gasteiger charge is 2.25. The molecule has 0 fully saturated rings. The van der Waals surface area contributed by atoms with Crippen LogP contribution in [-0.2, 0) is 31.1 Å². The van der Waals surface area contributed by atoms with Crippen molar-refractivity contribution in [2.45, 2.75) is 36.1 Å². The van der Waals surface area contributed by atoms with Gasteiger partial charge in [0.2, 0.25) is 15.9 Å². The van der Waals surface area contributed by atoms with E-state index in [1.807, 2.05) is 0 Å². The third-order valence-corrected chi connectivity index (χ3v) is 7.44. The van der Waals surface area contributed by atoms with Crippen LogP contribution >= 0.6 is 0 Å². The highest BCUT2D eigenvalue weighted by Crippen LogP contribution is 2.30. The molecule has 0 aliphatic carbocycles. The predicted octanol–water partition coefficient (Wildman–Crippen LogP) is 2.04. The van der Waals surface area contributed by atoms with Crippen molar-refractivity contribution in [3.8, 4) is 0 Å².